The van der Waals surface area contributed by atoms with Gasteiger partial charge in [-0.3, -0.25) is 10.5 Å². The molecule has 0 saturated heterocycles. The van der Waals surface area contributed by atoms with Gasteiger partial charge in [0.05, 0.1) is 5.41 Å². The molecule has 1 N–H and O–H groups in total. The molecule has 2 heteroatoms. The van der Waals surface area contributed by atoms with Gasteiger partial charge >= 0.3 is 0 Å². The monoisotopic (exact) mass is 238 g/mol. The van der Waals surface area contributed by atoms with E-state index < -0.39 is 11.3 Å². The van der Waals surface area contributed by atoms with Crippen LogP contribution in [0.1, 0.15) is 36.0 Å². The summed E-state index contributed by atoms with van der Waals surface area (Å²) in [4.78, 5) is 12.0. The van der Waals surface area contributed by atoms with Crippen LogP contribution in [0.25, 0.3) is 6.08 Å². The van der Waals surface area contributed by atoms with Gasteiger partial charge in [0.1, 0.15) is 0 Å². The van der Waals surface area contributed by atoms with Crippen molar-refractivity contribution >= 4 is 12.0 Å². The fraction of sp³-hybridized carbons (Fsp3) is 0.312. The number of hydrogen-bond acceptors (Lipinski definition) is 1. The van der Waals surface area contributed by atoms with Gasteiger partial charge in [-0.05, 0) is 42.4 Å². The fourth-order valence-electron chi connectivity index (χ4n) is 3.34. The Morgan fingerprint density at radius 1 is 1.39 bits per heavy atom. The summed E-state index contributed by atoms with van der Waals surface area (Å²) in [6, 6.07) is 6.09. The van der Waals surface area contributed by atoms with E-state index in [1.807, 2.05) is 12.1 Å². The van der Waals surface area contributed by atoms with Crippen molar-refractivity contribution in [3.63, 3.8) is 0 Å². The normalized spacial score (nSPS) is 25.4. The maximum atomic E-state index is 12.0. The SMILES string of the molecule is C=C1CCCC1(C([NH])=O)c1cccc2c1C=CC2. The number of carbonyl (C=O) groups excluding carboxylic acids is 1. The summed E-state index contributed by atoms with van der Waals surface area (Å²) in [6.07, 6.45) is 7.68. The van der Waals surface area contributed by atoms with E-state index in [0.717, 1.165) is 42.4 Å². The quantitative estimate of drug-likeness (QED) is 0.730. The molecule has 1 saturated carbocycles. The van der Waals surface area contributed by atoms with E-state index in [-0.39, 0.29) is 0 Å². The maximum absolute atomic E-state index is 12.0. The average molecular weight is 238 g/mol. The summed E-state index contributed by atoms with van der Waals surface area (Å²) in [7, 11) is 0. The minimum absolute atomic E-state index is 0.501. The molecule has 2 nitrogen and oxygen atoms in total. The predicted octanol–water partition coefficient (Wildman–Crippen LogP) is 3.04. The number of carbonyl (C=O) groups is 1. The van der Waals surface area contributed by atoms with E-state index in [1.54, 1.807) is 0 Å². The lowest BCUT2D eigenvalue weighted by molar-refractivity contribution is -0.122. The van der Waals surface area contributed by atoms with E-state index in [9.17, 15) is 4.79 Å². The van der Waals surface area contributed by atoms with Crippen LogP contribution >= 0.6 is 0 Å². The molecule has 1 radical (unpaired) electrons. The molecular weight excluding hydrogens is 222 g/mol. The van der Waals surface area contributed by atoms with Crippen LogP contribution in [0.5, 0.6) is 0 Å². The van der Waals surface area contributed by atoms with E-state index >= 15 is 0 Å². The van der Waals surface area contributed by atoms with Crippen LogP contribution in [0.15, 0.2) is 36.4 Å². The van der Waals surface area contributed by atoms with E-state index in [0.29, 0.717) is 0 Å². The Labute approximate surface area is 107 Å². The van der Waals surface area contributed by atoms with Crippen molar-refractivity contribution in [1.82, 2.24) is 5.73 Å². The molecule has 2 aliphatic rings. The van der Waals surface area contributed by atoms with Crippen LogP contribution in [0.3, 0.4) is 0 Å². The predicted molar refractivity (Wildman–Crippen MR) is 72.0 cm³/mol. The Balaban J connectivity index is 2.24. The van der Waals surface area contributed by atoms with Gasteiger partial charge in [0.2, 0.25) is 0 Å². The van der Waals surface area contributed by atoms with Gasteiger partial charge < -0.3 is 0 Å². The van der Waals surface area contributed by atoms with Crippen molar-refractivity contribution < 1.29 is 4.79 Å². The molecule has 0 aliphatic heterocycles. The Morgan fingerprint density at radius 2 is 2.22 bits per heavy atom. The lowest BCUT2D eigenvalue weighted by atomic mass is 9.73. The molecule has 91 valence electrons. The Hall–Kier alpha value is -1.83. The van der Waals surface area contributed by atoms with Crippen molar-refractivity contribution in [2.45, 2.75) is 31.1 Å². The summed E-state index contributed by atoms with van der Waals surface area (Å²) >= 11 is 0. The van der Waals surface area contributed by atoms with Crippen LogP contribution in [0.2, 0.25) is 0 Å². The van der Waals surface area contributed by atoms with Crippen molar-refractivity contribution in [2.75, 3.05) is 0 Å². The summed E-state index contributed by atoms with van der Waals surface area (Å²) < 4.78 is 0. The second-order valence-electron chi connectivity index (χ2n) is 5.18. The third-order valence-corrected chi connectivity index (χ3v) is 4.30. The molecule has 1 fully saturated rings. The van der Waals surface area contributed by atoms with Crippen LogP contribution in [-0.2, 0) is 16.6 Å². The summed E-state index contributed by atoms with van der Waals surface area (Å²) in [5, 5.41) is 0. The zero-order valence-corrected chi connectivity index (χ0v) is 10.3. The summed E-state index contributed by atoms with van der Waals surface area (Å²) in [6.45, 7) is 4.07. The van der Waals surface area contributed by atoms with Gasteiger partial charge in [-0.25, -0.2) is 0 Å². The Bertz CT molecular complexity index is 570. The fourth-order valence-corrected chi connectivity index (χ4v) is 3.34. The van der Waals surface area contributed by atoms with Gasteiger partial charge in [0.15, 0.2) is 0 Å². The highest BCUT2D eigenvalue weighted by Crippen LogP contribution is 2.47. The zero-order chi connectivity index (χ0) is 12.8. The van der Waals surface area contributed by atoms with Gasteiger partial charge in [0, 0.05) is 0 Å². The zero-order valence-electron chi connectivity index (χ0n) is 10.3. The minimum Gasteiger partial charge on any atom is -0.272 e. The van der Waals surface area contributed by atoms with Gasteiger partial charge in [-0.2, -0.15) is 0 Å². The number of hydrogen-bond donors (Lipinski definition) is 0. The Morgan fingerprint density at radius 3 is 2.89 bits per heavy atom. The number of allylic oxidation sites excluding steroid dienone is 1. The highest BCUT2D eigenvalue weighted by atomic mass is 16.1. The molecule has 1 unspecified atom stereocenters. The van der Waals surface area contributed by atoms with Crippen molar-refractivity contribution in [2.24, 2.45) is 0 Å². The van der Waals surface area contributed by atoms with Crippen molar-refractivity contribution in [3.8, 4) is 0 Å². The first-order valence-corrected chi connectivity index (χ1v) is 6.39. The molecule has 1 aromatic rings. The van der Waals surface area contributed by atoms with Gasteiger partial charge in [0.25, 0.3) is 5.91 Å². The van der Waals surface area contributed by atoms with Crippen molar-refractivity contribution in [1.29, 1.82) is 0 Å². The lowest BCUT2D eigenvalue weighted by Crippen LogP contribution is -2.36. The van der Waals surface area contributed by atoms with Crippen molar-refractivity contribution in [3.05, 3.63) is 53.1 Å². The Kier molecular flexibility index (Phi) is 2.40. The lowest BCUT2D eigenvalue weighted by Gasteiger charge is -2.29. The van der Waals surface area contributed by atoms with E-state index in [2.05, 4.69) is 24.8 Å². The van der Waals surface area contributed by atoms with E-state index in [1.165, 1.54) is 5.56 Å². The number of rotatable bonds is 2. The highest BCUT2D eigenvalue weighted by Gasteiger charge is 2.46. The molecule has 1 atom stereocenters. The van der Waals surface area contributed by atoms with Crippen LogP contribution < -0.4 is 5.73 Å². The second kappa shape index (κ2) is 3.84. The van der Waals surface area contributed by atoms with Crippen LogP contribution in [0, 0.1) is 0 Å². The van der Waals surface area contributed by atoms with Crippen LogP contribution in [0.4, 0.5) is 0 Å². The first-order valence-electron chi connectivity index (χ1n) is 6.39. The highest BCUT2D eigenvalue weighted by molar-refractivity contribution is 5.92. The first kappa shape index (κ1) is 11.3. The summed E-state index contributed by atoms with van der Waals surface area (Å²) in [5.74, 6) is -0.501. The molecule has 0 heterocycles. The molecule has 1 aromatic carbocycles. The molecule has 1 amide bonds. The minimum atomic E-state index is -0.750. The van der Waals surface area contributed by atoms with Crippen LogP contribution in [-0.4, -0.2) is 5.91 Å². The molecular formula is C16H16NO. The third-order valence-electron chi connectivity index (χ3n) is 4.30. The number of amides is 1. The molecule has 0 bridgehead atoms. The molecule has 3 rings (SSSR count). The van der Waals surface area contributed by atoms with E-state index in [4.69, 9.17) is 5.73 Å². The summed E-state index contributed by atoms with van der Waals surface area (Å²) in [5.41, 5.74) is 11.3. The topological polar surface area (TPSA) is 40.9 Å². The largest absolute Gasteiger partial charge is 0.272 e. The number of fused-ring (bicyclic) bond motifs is 1. The molecule has 0 spiro atoms. The number of nitrogens with one attached hydrogen (secondary N) is 1. The number of benzene rings is 1. The molecule has 18 heavy (non-hydrogen) atoms. The third kappa shape index (κ3) is 1.32. The van der Waals surface area contributed by atoms with Gasteiger partial charge in [-0.1, -0.05) is 42.5 Å². The standard InChI is InChI=1S/C16H16NO/c1-11-5-4-10-16(11,15(17)18)14-9-3-7-12-6-2-8-13(12)14/h2-3,7-9,17H,1,4-6,10H2. The molecule has 2 aliphatic carbocycles. The smallest absolute Gasteiger partial charge is 0.253 e. The van der Waals surface area contributed by atoms with Gasteiger partial charge in [-0.15, -0.1) is 0 Å². The average Bonchev–Trinajstić information content (AvgIpc) is 2.94. The molecule has 0 aromatic heterocycles. The maximum Gasteiger partial charge on any atom is 0.253 e. The second-order valence-corrected chi connectivity index (χ2v) is 5.18. The first-order chi connectivity index (χ1) is 8.66.